The molecule has 0 aromatic heterocycles. The fraction of sp³-hybridized carbons (Fsp3) is 0.455. The van der Waals surface area contributed by atoms with E-state index in [1.54, 1.807) is 20.8 Å². The number of hydrogen-bond acceptors (Lipinski definition) is 3. The van der Waals surface area contributed by atoms with Crippen molar-refractivity contribution in [2.45, 2.75) is 33.0 Å². The summed E-state index contributed by atoms with van der Waals surface area (Å²) in [6, 6.07) is 9.18. The van der Waals surface area contributed by atoms with Crippen LogP contribution < -0.4 is 0 Å². The Morgan fingerprint density at radius 1 is 1.25 bits per heavy atom. The van der Waals surface area contributed by atoms with Crippen LogP contribution in [0.1, 0.15) is 26.3 Å². The normalized spacial score (nSPS) is 15.8. The molecule has 0 aliphatic heterocycles. The second-order valence-electron chi connectivity index (χ2n) is 4.43. The molecule has 0 bridgehead atoms. The third-order valence-corrected chi connectivity index (χ3v) is 2.86. The van der Waals surface area contributed by atoms with E-state index in [0.717, 1.165) is 5.56 Å². The van der Waals surface area contributed by atoms with E-state index in [1.165, 1.54) is 0 Å². The first-order valence-electron chi connectivity index (χ1n) is 5.00. The summed E-state index contributed by atoms with van der Waals surface area (Å²) >= 11 is 0. The number of phosphoric acid groups is 1. The van der Waals surface area contributed by atoms with Gasteiger partial charge in [0.05, 0.1) is 12.2 Å². The molecule has 0 aliphatic carbocycles. The van der Waals surface area contributed by atoms with Crippen LogP contribution in [0, 0.1) is 0 Å². The third-order valence-electron chi connectivity index (χ3n) is 1.63. The predicted octanol–water partition coefficient (Wildman–Crippen LogP) is 3.12. The van der Waals surface area contributed by atoms with Crippen molar-refractivity contribution in [1.82, 2.24) is 0 Å². The average Bonchev–Trinajstić information content (AvgIpc) is 2.13. The molecule has 90 valence electrons. The Morgan fingerprint density at radius 2 is 1.81 bits per heavy atom. The number of hydrogen-bond donors (Lipinski definition) is 1. The van der Waals surface area contributed by atoms with Crippen molar-refractivity contribution in [1.29, 1.82) is 0 Å². The molecule has 1 unspecified atom stereocenters. The summed E-state index contributed by atoms with van der Waals surface area (Å²) in [5.74, 6) is 0. The highest BCUT2D eigenvalue weighted by molar-refractivity contribution is 7.47. The van der Waals surface area contributed by atoms with E-state index in [1.807, 2.05) is 30.3 Å². The van der Waals surface area contributed by atoms with E-state index in [-0.39, 0.29) is 6.61 Å². The van der Waals surface area contributed by atoms with Gasteiger partial charge in [0.15, 0.2) is 0 Å². The highest BCUT2D eigenvalue weighted by atomic mass is 31.2. The number of phosphoric ester groups is 1. The van der Waals surface area contributed by atoms with Crippen LogP contribution in [0.5, 0.6) is 0 Å². The molecule has 0 fully saturated rings. The Balaban J connectivity index is 2.52. The molecule has 0 aliphatic rings. The van der Waals surface area contributed by atoms with Crippen molar-refractivity contribution in [3.05, 3.63) is 35.9 Å². The molecule has 0 radical (unpaired) electrons. The molecule has 0 spiro atoms. The average molecular weight is 244 g/mol. The van der Waals surface area contributed by atoms with Gasteiger partial charge in [-0.1, -0.05) is 30.3 Å². The Morgan fingerprint density at radius 3 is 2.31 bits per heavy atom. The maximum atomic E-state index is 11.5. The van der Waals surface area contributed by atoms with Gasteiger partial charge in [-0.3, -0.25) is 9.05 Å². The summed E-state index contributed by atoms with van der Waals surface area (Å²) in [5.41, 5.74) is 0.121. The summed E-state index contributed by atoms with van der Waals surface area (Å²) in [6.45, 7) is 5.15. The SMILES string of the molecule is CC(C)(C)OP(=O)(O)OCc1ccccc1. The first kappa shape index (κ1) is 13.4. The number of benzene rings is 1. The molecule has 1 atom stereocenters. The van der Waals surface area contributed by atoms with Crippen LogP contribution in [-0.2, 0) is 20.2 Å². The van der Waals surface area contributed by atoms with Gasteiger partial charge in [-0.05, 0) is 26.3 Å². The highest BCUT2D eigenvalue weighted by Crippen LogP contribution is 2.47. The molecular weight excluding hydrogens is 227 g/mol. The molecule has 5 heteroatoms. The lowest BCUT2D eigenvalue weighted by atomic mass is 10.2. The van der Waals surface area contributed by atoms with Crippen LogP contribution in [0.15, 0.2) is 30.3 Å². The van der Waals surface area contributed by atoms with Crippen molar-refractivity contribution in [2.24, 2.45) is 0 Å². The van der Waals surface area contributed by atoms with E-state index in [0.29, 0.717) is 0 Å². The van der Waals surface area contributed by atoms with Gasteiger partial charge in [0.25, 0.3) is 0 Å². The smallest absolute Gasteiger partial charge is 0.302 e. The molecule has 0 heterocycles. The van der Waals surface area contributed by atoms with Gasteiger partial charge in [0.2, 0.25) is 0 Å². The molecule has 1 N–H and O–H groups in total. The highest BCUT2D eigenvalue weighted by Gasteiger charge is 2.28. The quantitative estimate of drug-likeness (QED) is 0.827. The summed E-state index contributed by atoms with van der Waals surface area (Å²) in [4.78, 5) is 9.42. The zero-order chi connectivity index (χ0) is 12.2. The topological polar surface area (TPSA) is 55.8 Å². The van der Waals surface area contributed by atoms with Gasteiger partial charge in [0.1, 0.15) is 0 Å². The van der Waals surface area contributed by atoms with E-state index in [9.17, 15) is 9.46 Å². The monoisotopic (exact) mass is 244 g/mol. The van der Waals surface area contributed by atoms with E-state index in [4.69, 9.17) is 9.05 Å². The fourth-order valence-electron chi connectivity index (χ4n) is 1.10. The zero-order valence-corrected chi connectivity index (χ0v) is 10.6. The first-order chi connectivity index (χ1) is 7.29. The van der Waals surface area contributed by atoms with Crippen molar-refractivity contribution in [2.75, 3.05) is 0 Å². The van der Waals surface area contributed by atoms with Gasteiger partial charge in [-0.2, -0.15) is 0 Å². The van der Waals surface area contributed by atoms with Crippen LogP contribution in [0.4, 0.5) is 0 Å². The molecule has 1 aromatic rings. The van der Waals surface area contributed by atoms with Gasteiger partial charge in [-0.15, -0.1) is 0 Å². The van der Waals surface area contributed by atoms with Gasteiger partial charge >= 0.3 is 7.82 Å². The van der Waals surface area contributed by atoms with Crippen LogP contribution in [0.25, 0.3) is 0 Å². The maximum absolute atomic E-state index is 11.5. The lowest BCUT2D eigenvalue weighted by molar-refractivity contribution is 0.0587. The molecular formula is C11H17O4P. The van der Waals surface area contributed by atoms with Crippen LogP contribution >= 0.6 is 7.82 Å². The fourth-order valence-corrected chi connectivity index (χ4v) is 2.16. The Kier molecular flexibility index (Phi) is 4.28. The molecule has 0 amide bonds. The summed E-state index contributed by atoms with van der Waals surface area (Å²) < 4.78 is 21.3. The molecule has 0 saturated carbocycles. The van der Waals surface area contributed by atoms with E-state index < -0.39 is 13.4 Å². The van der Waals surface area contributed by atoms with E-state index >= 15 is 0 Å². The Labute approximate surface area is 95.8 Å². The largest absolute Gasteiger partial charge is 0.473 e. The van der Waals surface area contributed by atoms with Gasteiger partial charge in [-0.25, -0.2) is 4.57 Å². The lowest BCUT2D eigenvalue weighted by Gasteiger charge is -2.22. The minimum atomic E-state index is -3.98. The minimum Gasteiger partial charge on any atom is -0.302 e. The maximum Gasteiger partial charge on any atom is 0.473 e. The van der Waals surface area contributed by atoms with Crippen molar-refractivity contribution in [3.8, 4) is 0 Å². The van der Waals surface area contributed by atoms with Crippen LogP contribution in [-0.4, -0.2) is 10.5 Å². The van der Waals surface area contributed by atoms with Crippen LogP contribution in [0.2, 0.25) is 0 Å². The van der Waals surface area contributed by atoms with Crippen LogP contribution in [0.3, 0.4) is 0 Å². The second-order valence-corrected chi connectivity index (χ2v) is 5.81. The minimum absolute atomic E-state index is 0.0602. The zero-order valence-electron chi connectivity index (χ0n) is 9.71. The van der Waals surface area contributed by atoms with Gasteiger partial charge in [0, 0.05) is 0 Å². The van der Waals surface area contributed by atoms with Gasteiger partial charge < -0.3 is 4.89 Å². The summed E-state index contributed by atoms with van der Waals surface area (Å²) in [7, 11) is -3.98. The standard InChI is InChI=1S/C11H17O4P/c1-11(2,3)15-16(12,13)14-9-10-7-5-4-6-8-10/h4-8H,9H2,1-3H3,(H,12,13). The summed E-state index contributed by atoms with van der Waals surface area (Å²) in [6.07, 6.45) is 0. The Bertz CT molecular complexity index is 369. The Hall–Kier alpha value is -0.670. The molecule has 4 nitrogen and oxygen atoms in total. The first-order valence-corrected chi connectivity index (χ1v) is 6.50. The third kappa shape index (κ3) is 5.42. The lowest BCUT2D eigenvalue weighted by Crippen LogP contribution is -2.18. The van der Waals surface area contributed by atoms with Crippen molar-refractivity contribution in [3.63, 3.8) is 0 Å². The van der Waals surface area contributed by atoms with Crippen molar-refractivity contribution < 1.29 is 18.5 Å². The second kappa shape index (κ2) is 5.11. The van der Waals surface area contributed by atoms with E-state index in [2.05, 4.69) is 0 Å². The number of rotatable bonds is 4. The summed E-state index contributed by atoms with van der Waals surface area (Å²) in [5, 5.41) is 0. The predicted molar refractivity (Wildman–Crippen MR) is 61.9 cm³/mol. The molecule has 0 saturated heterocycles. The molecule has 1 rings (SSSR count). The molecule has 1 aromatic carbocycles. The molecule has 16 heavy (non-hydrogen) atoms. The van der Waals surface area contributed by atoms with Crippen molar-refractivity contribution >= 4 is 7.82 Å².